The van der Waals surface area contributed by atoms with Gasteiger partial charge in [0.2, 0.25) is 0 Å². The normalized spacial score (nSPS) is 20.4. The number of nitrogens with zero attached hydrogens (tertiary/aromatic N) is 1. The minimum Gasteiger partial charge on any atom is -0.379 e. The van der Waals surface area contributed by atoms with Crippen molar-refractivity contribution in [1.82, 2.24) is 10.3 Å². The number of hydrogen-bond acceptors (Lipinski definition) is 3. The molecule has 0 aliphatic carbocycles. The molecule has 1 N–H and O–H groups in total. The number of carbonyl (C=O) groups excluding carboxylic acids is 1. The summed E-state index contributed by atoms with van der Waals surface area (Å²) in [5.41, 5.74) is 0.533. The van der Waals surface area contributed by atoms with Crippen molar-refractivity contribution in [2.24, 2.45) is 0 Å². The van der Waals surface area contributed by atoms with Crippen LogP contribution in [0.15, 0.2) is 18.3 Å². The third-order valence-electron chi connectivity index (χ3n) is 2.48. The first-order chi connectivity index (χ1) is 7.75. The summed E-state index contributed by atoms with van der Waals surface area (Å²) in [5, 5.41) is 3.24. The first-order valence-electron chi connectivity index (χ1n) is 5.26. The van der Waals surface area contributed by atoms with E-state index in [1.807, 2.05) is 0 Å². The first kappa shape index (κ1) is 11.4. The van der Waals surface area contributed by atoms with Gasteiger partial charge in [0, 0.05) is 18.4 Å². The standard InChI is InChI=1S/C11H13ClN2O2/c12-10-6-8(3-4-13-10)11(15)14-9-2-1-5-16-7-9/h3-4,6,9H,1-2,5,7H2,(H,14,15). The molecule has 1 aromatic rings. The van der Waals surface area contributed by atoms with Gasteiger partial charge >= 0.3 is 0 Å². The molecule has 0 spiro atoms. The van der Waals surface area contributed by atoms with Crippen molar-refractivity contribution in [2.45, 2.75) is 18.9 Å². The zero-order chi connectivity index (χ0) is 11.4. The molecule has 1 aliphatic heterocycles. The van der Waals surface area contributed by atoms with E-state index in [-0.39, 0.29) is 11.9 Å². The molecule has 4 nitrogen and oxygen atoms in total. The third kappa shape index (κ3) is 2.93. The molecule has 0 saturated carbocycles. The van der Waals surface area contributed by atoms with Crippen molar-refractivity contribution < 1.29 is 9.53 Å². The minimum atomic E-state index is -0.125. The zero-order valence-electron chi connectivity index (χ0n) is 8.78. The van der Waals surface area contributed by atoms with Gasteiger partial charge in [-0.05, 0) is 25.0 Å². The van der Waals surface area contributed by atoms with Gasteiger partial charge in [-0.15, -0.1) is 0 Å². The maximum Gasteiger partial charge on any atom is 0.251 e. The van der Waals surface area contributed by atoms with Crippen LogP contribution in [0, 0.1) is 0 Å². The van der Waals surface area contributed by atoms with Crippen LogP contribution in [0.5, 0.6) is 0 Å². The topological polar surface area (TPSA) is 51.2 Å². The lowest BCUT2D eigenvalue weighted by Crippen LogP contribution is -2.40. The van der Waals surface area contributed by atoms with E-state index >= 15 is 0 Å². The van der Waals surface area contributed by atoms with Crippen molar-refractivity contribution in [2.75, 3.05) is 13.2 Å². The lowest BCUT2D eigenvalue weighted by atomic mass is 10.1. The summed E-state index contributed by atoms with van der Waals surface area (Å²) in [6.45, 7) is 1.37. The Morgan fingerprint density at radius 3 is 3.19 bits per heavy atom. The molecule has 1 aliphatic rings. The van der Waals surface area contributed by atoms with Crippen molar-refractivity contribution in [3.8, 4) is 0 Å². The Kier molecular flexibility index (Phi) is 3.74. The molecule has 16 heavy (non-hydrogen) atoms. The average Bonchev–Trinajstić information content (AvgIpc) is 2.30. The fraction of sp³-hybridized carbons (Fsp3) is 0.455. The highest BCUT2D eigenvalue weighted by molar-refractivity contribution is 6.29. The molecule has 5 heteroatoms. The van der Waals surface area contributed by atoms with E-state index in [9.17, 15) is 4.79 Å². The van der Waals surface area contributed by atoms with Gasteiger partial charge in [-0.1, -0.05) is 11.6 Å². The Morgan fingerprint density at radius 2 is 2.50 bits per heavy atom. The zero-order valence-corrected chi connectivity index (χ0v) is 9.54. The summed E-state index contributed by atoms with van der Waals surface area (Å²) >= 11 is 5.72. The van der Waals surface area contributed by atoms with Crippen molar-refractivity contribution in [3.05, 3.63) is 29.0 Å². The summed E-state index contributed by atoms with van der Waals surface area (Å²) in [6.07, 6.45) is 3.47. The molecule has 1 atom stereocenters. The van der Waals surface area contributed by atoms with Crippen LogP contribution in [-0.2, 0) is 4.74 Å². The number of halogens is 1. The summed E-state index contributed by atoms with van der Waals surface area (Å²) in [6, 6.07) is 3.30. The largest absolute Gasteiger partial charge is 0.379 e. The van der Waals surface area contributed by atoms with Crippen LogP contribution in [0.2, 0.25) is 5.15 Å². The quantitative estimate of drug-likeness (QED) is 0.800. The average molecular weight is 241 g/mol. The molecule has 1 fully saturated rings. The molecule has 1 aromatic heterocycles. The molecule has 2 heterocycles. The monoisotopic (exact) mass is 240 g/mol. The number of aromatic nitrogens is 1. The van der Waals surface area contributed by atoms with Crippen LogP contribution in [0.1, 0.15) is 23.2 Å². The smallest absolute Gasteiger partial charge is 0.251 e. The molecule has 0 radical (unpaired) electrons. The van der Waals surface area contributed by atoms with Gasteiger partial charge in [0.1, 0.15) is 5.15 Å². The van der Waals surface area contributed by atoms with E-state index in [4.69, 9.17) is 16.3 Å². The van der Waals surface area contributed by atoms with Crippen LogP contribution < -0.4 is 5.32 Å². The Labute approximate surface area is 99.0 Å². The number of carbonyl (C=O) groups is 1. The van der Waals surface area contributed by atoms with Gasteiger partial charge in [0.15, 0.2) is 0 Å². The number of ether oxygens (including phenoxy) is 1. The highest BCUT2D eigenvalue weighted by Gasteiger charge is 2.17. The lowest BCUT2D eigenvalue weighted by molar-refractivity contribution is 0.0624. The van der Waals surface area contributed by atoms with Gasteiger partial charge in [-0.3, -0.25) is 4.79 Å². The number of nitrogens with one attached hydrogen (secondary N) is 1. The molecular weight excluding hydrogens is 228 g/mol. The van der Waals surface area contributed by atoms with E-state index in [0.717, 1.165) is 19.4 Å². The van der Waals surface area contributed by atoms with Crippen molar-refractivity contribution >= 4 is 17.5 Å². The summed E-state index contributed by atoms with van der Waals surface area (Å²) < 4.78 is 5.29. The molecule has 1 amide bonds. The van der Waals surface area contributed by atoms with Crippen LogP contribution in [0.4, 0.5) is 0 Å². The number of hydrogen-bond donors (Lipinski definition) is 1. The molecule has 2 rings (SSSR count). The summed E-state index contributed by atoms with van der Waals surface area (Å²) in [5.74, 6) is -0.125. The van der Waals surface area contributed by atoms with Crippen molar-refractivity contribution in [1.29, 1.82) is 0 Å². The fourth-order valence-corrected chi connectivity index (χ4v) is 1.84. The Morgan fingerprint density at radius 1 is 1.62 bits per heavy atom. The highest BCUT2D eigenvalue weighted by atomic mass is 35.5. The highest BCUT2D eigenvalue weighted by Crippen LogP contribution is 2.09. The van der Waals surface area contributed by atoms with E-state index in [1.165, 1.54) is 6.20 Å². The molecule has 1 saturated heterocycles. The molecule has 1 unspecified atom stereocenters. The van der Waals surface area contributed by atoms with Gasteiger partial charge in [-0.2, -0.15) is 0 Å². The fourth-order valence-electron chi connectivity index (χ4n) is 1.67. The third-order valence-corrected chi connectivity index (χ3v) is 2.69. The number of rotatable bonds is 2. The second-order valence-electron chi connectivity index (χ2n) is 3.75. The second-order valence-corrected chi connectivity index (χ2v) is 4.14. The molecule has 0 aromatic carbocycles. The van der Waals surface area contributed by atoms with E-state index < -0.39 is 0 Å². The molecule has 86 valence electrons. The van der Waals surface area contributed by atoms with Gasteiger partial charge < -0.3 is 10.1 Å². The van der Waals surface area contributed by atoms with Crippen molar-refractivity contribution in [3.63, 3.8) is 0 Å². The van der Waals surface area contributed by atoms with Gasteiger partial charge in [-0.25, -0.2) is 4.98 Å². The number of pyridine rings is 1. The Balaban J connectivity index is 1.97. The molecule has 0 bridgehead atoms. The SMILES string of the molecule is O=C(NC1CCCOC1)c1ccnc(Cl)c1. The van der Waals surface area contributed by atoms with E-state index in [1.54, 1.807) is 12.1 Å². The first-order valence-corrected chi connectivity index (χ1v) is 5.63. The maximum absolute atomic E-state index is 11.8. The lowest BCUT2D eigenvalue weighted by Gasteiger charge is -2.23. The van der Waals surface area contributed by atoms with Crippen LogP contribution in [0.3, 0.4) is 0 Å². The predicted octanol–water partition coefficient (Wildman–Crippen LogP) is 1.64. The Hall–Kier alpha value is -1.13. The maximum atomic E-state index is 11.8. The van der Waals surface area contributed by atoms with Crippen LogP contribution >= 0.6 is 11.6 Å². The molecular formula is C11H13ClN2O2. The minimum absolute atomic E-state index is 0.105. The van der Waals surface area contributed by atoms with Crippen LogP contribution in [0.25, 0.3) is 0 Å². The van der Waals surface area contributed by atoms with Gasteiger partial charge in [0.05, 0.1) is 12.6 Å². The summed E-state index contributed by atoms with van der Waals surface area (Å²) in [7, 11) is 0. The van der Waals surface area contributed by atoms with Crippen LogP contribution in [-0.4, -0.2) is 30.1 Å². The number of amides is 1. The van der Waals surface area contributed by atoms with Gasteiger partial charge in [0.25, 0.3) is 5.91 Å². The van der Waals surface area contributed by atoms with E-state index in [0.29, 0.717) is 17.3 Å². The Bertz CT molecular complexity index is 378. The summed E-state index contributed by atoms with van der Waals surface area (Å²) in [4.78, 5) is 15.6. The van der Waals surface area contributed by atoms with E-state index in [2.05, 4.69) is 10.3 Å². The second kappa shape index (κ2) is 5.27. The predicted molar refractivity (Wildman–Crippen MR) is 60.6 cm³/mol.